The van der Waals surface area contributed by atoms with Crippen LogP contribution in [0.2, 0.25) is 0 Å². The number of rotatable bonds is 7. The summed E-state index contributed by atoms with van der Waals surface area (Å²) in [6.45, 7) is 8.48. The fourth-order valence-corrected chi connectivity index (χ4v) is 5.95. The lowest BCUT2D eigenvalue weighted by atomic mass is 9.92. The highest BCUT2D eigenvalue weighted by Gasteiger charge is 2.33. The summed E-state index contributed by atoms with van der Waals surface area (Å²) < 4.78 is 15.1. The first-order valence-corrected chi connectivity index (χ1v) is 14.0. The van der Waals surface area contributed by atoms with Gasteiger partial charge in [-0.3, -0.25) is 19.0 Å². The van der Waals surface area contributed by atoms with Crippen molar-refractivity contribution in [2.75, 3.05) is 39.5 Å². The molecule has 0 amide bonds. The maximum Gasteiger partial charge on any atom is 0.330 e. The molecule has 2 aliphatic rings. The van der Waals surface area contributed by atoms with Crippen molar-refractivity contribution in [1.82, 2.24) is 29.2 Å². The predicted molar refractivity (Wildman–Crippen MR) is 152 cm³/mol. The van der Waals surface area contributed by atoms with E-state index in [9.17, 15) is 10.1 Å². The normalized spacial score (nSPS) is 21.2. The molecular weight excluding hydrogens is 506 g/mol. The predicted octanol–water partition coefficient (Wildman–Crippen LogP) is 4.01. The molecule has 208 valence electrons. The summed E-state index contributed by atoms with van der Waals surface area (Å²) >= 11 is 0. The van der Waals surface area contributed by atoms with Gasteiger partial charge in [-0.1, -0.05) is 12.1 Å². The SMILES string of the molecule is CC(OCCN1CCC(C)(C#N)C1)c1ccc(-c2ccc3nnc4c(c3c2)n(C2CCOCC2)c(=O)n4C)cn1. The van der Waals surface area contributed by atoms with Crippen molar-refractivity contribution in [2.45, 2.75) is 45.3 Å². The first kappa shape index (κ1) is 26.6. The van der Waals surface area contributed by atoms with Gasteiger partial charge in [0.2, 0.25) is 0 Å². The molecule has 0 aliphatic carbocycles. The molecule has 0 bridgehead atoms. The van der Waals surface area contributed by atoms with Crippen molar-refractivity contribution in [1.29, 1.82) is 5.26 Å². The number of aromatic nitrogens is 5. The van der Waals surface area contributed by atoms with Gasteiger partial charge < -0.3 is 9.47 Å². The third-order valence-corrected chi connectivity index (χ3v) is 8.46. The molecule has 0 saturated carbocycles. The van der Waals surface area contributed by atoms with Crippen LogP contribution in [-0.2, 0) is 16.5 Å². The number of aryl methyl sites for hydroxylation is 1. The minimum absolute atomic E-state index is 0.0714. The number of nitriles is 1. The summed E-state index contributed by atoms with van der Waals surface area (Å²) in [6, 6.07) is 12.6. The van der Waals surface area contributed by atoms with Gasteiger partial charge in [0.15, 0.2) is 5.65 Å². The molecule has 4 aromatic rings. The summed E-state index contributed by atoms with van der Waals surface area (Å²) in [5.74, 6) is 0. The van der Waals surface area contributed by atoms with E-state index in [0.717, 1.165) is 72.1 Å². The smallest absolute Gasteiger partial charge is 0.330 e. The van der Waals surface area contributed by atoms with Gasteiger partial charge >= 0.3 is 5.69 Å². The Morgan fingerprint density at radius 3 is 2.73 bits per heavy atom. The zero-order valence-corrected chi connectivity index (χ0v) is 23.3. The molecule has 1 aromatic carbocycles. The van der Waals surface area contributed by atoms with Crippen molar-refractivity contribution < 1.29 is 9.47 Å². The van der Waals surface area contributed by atoms with Crippen LogP contribution in [0.4, 0.5) is 0 Å². The largest absolute Gasteiger partial charge is 0.381 e. The maximum absolute atomic E-state index is 13.3. The van der Waals surface area contributed by atoms with Crippen LogP contribution in [-0.4, -0.2) is 68.7 Å². The number of imidazole rings is 1. The molecule has 0 spiro atoms. The minimum atomic E-state index is -0.243. The Morgan fingerprint density at radius 2 is 2.00 bits per heavy atom. The summed E-state index contributed by atoms with van der Waals surface area (Å²) in [4.78, 5) is 20.3. The van der Waals surface area contributed by atoms with E-state index < -0.39 is 0 Å². The summed E-state index contributed by atoms with van der Waals surface area (Å²) in [6.07, 6.45) is 4.24. The number of likely N-dealkylation sites (tertiary alicyclic amines) is 1. The molecule has 10 heteroatoms. The third-order valence-electron chi connectivity index (χ3n) is 8.46. The zero-order valence-electron chi connectivity index (χ0n) is 23.3. The Hall–Kier alpha value is -3.65. The third kappa shape index (κ3) is 4.89. The number of benzene rings is 1. The molecular formula is C30H35N7O3. The highest BCUT2D eigenvalue weighted by atomic mass is 16.5. The monoisotopic (exact) mass is 541 g/mol. The van der Waals surface area contributed by atoms with Gasteiger partial charge in [0.1, 0.15) is 5.52 Å². The van der Waals surface area contributed by atoms with Gasteiger partial charge in [-0.25, -0.2) is 4.79 Å². The van der Waals surface area contributed by atoms with Crippen molar-refractivity contribution in [3.63, 3.8) is 0 Å². The van der Waals surface area contributed by atoms with E-state index in [1.165, 1.54) is 0 Å². The number of nitrogens with zero attached hydrogens (tertiary/aromatic N) is 7. The lowest BCUT2D eigenvalue weighted by molar-refractivity contribution is 0.0482. The topological polar surface area (TPSA) is 111 Å². The second-order valence-corrected chi connectivity index (χ2v) is 11.3. The number of pyridine rings is 1. The Morgan fingerprint density at radius 1 is 1.20 bits per heavy atom. The highest BCUT2D eigenvalue weighted by Crippen LogP contribution is 2.32. The average molecular weight is 542 g/mol. The van der Waals surface area contributed by atoms with Gasteiger partial charge in [-0.2, -0.15) is 5.26 Å². The summed E-state index contributed by atoms with van der Waals surface area (Å²) in [5, 5.41) is 19.1. The molecule has 2 aliphatic heterocycles. The zero-order chi connectivity index (χ0) is 27.9. The first-order chi connectivity index (χ1) is 19.4. The second kappa shape index (κ2) is 10.7. The van der Waals surface area contributed by atoms with Crippen LogP contribution < -0.4 is 5.69 Å². The van der Waals surface area contributed by atoms with Crippen LogP contribution in [0.3, 0.4) is 0 Å². The van der Waals surface area contributed by atoms with Crippen LogP contribution in [0.25, 0.3) is 33.2 Å². The fraction of sp³-hybridized carbons (Fsp3) is 0.500. The molecule has 2 unspecified atom stereocenters. The molecule has 6 rings (SSSR count). The molecule has 40 heavy (non-hydrogen) atoms. The number of fused-ring (bicyclic) bond motifs is 3. The summed E-state index contributed by atoms with van der Waals surface area (Å²) in [7, 11) is 1.76. The van der Waals surface area contributed by atoms with Gasteiger partial charge in [0.05, 0.1) is 35.4 Å². The van der Waals surface area contributed by atoms with Gasteiger partial charge in [-0.15, -0.1) is 10.2 Å². The van der Waals surface area contributed by atoms with Crippen LogP contribution in [0, 0.1) is 16.7 Å². The van der Waals surface area contributed by atoms with Crippen molar-refractivity contribution in [3.8, 4) is 17.2 Å². The Bertz CT molecular complexity index is 1630. The molecule has 2 atom stereocenters. The highest BCUT2D eigenvalue weighted by molar-refractivity contribution is 6.02. The van der Waals surface area contributed by atoms with Gasteiger partial charge in [-0.05, 0) is 63.4 Å². The molecule has 2 fully saturated rings. The first-order valence-electron chi connectivity index (χ1n) is 14.0. The molecule has 0 N–H and O–H groups in total. The average Bonchev–Trinajstić information content (AvgIpc) is 3.50. The minimum Gasteiger partial charge on any atom is -0.381 e. The van der Waals surface area contributed by atoms with Crippen LogP contribution in [0.15, 0.2) is 41.3 Å². The molecule has 5 heterocycles. The van der Waals surface area contributed by atoms with Crippen molar-refractivity contribution in [2.24, 2.45) is 12.5 Å². The number of hydrogen-bond acceptors (Lipinski definition) is 8. The lowest BCUT2D eigenvalue weighted by Gasteiger charge is -2.23. The lowest BCUT2D eigenvalue weighted by Crippen LogP contribution is -2.29. The van der Waals surface area contributed by atoms with Crippen LogP contribution in [0.5, 0.6) is 0 Å². The second-order valence-electron chi connectivity index (χ2n) is 11.3. The van der Waals surface area contributed by atoms with Crippen molar-refractivity contribution in [3.05, 3.63) is 52.7 Å². The van der Waals surface area contributed by atoms with E-state index >= 15 is 0 Å². The Balaban J connectivity index is 1.22. The molecule has 10 nitrogen and oxygen atoms in total. The van der Waals surface area contributed by atoms with Crippen LogP contribution >= 0.6 is 0 Å². The van der Waals surface area contributed by atoms with Crippen LogP contribution in [0.1, 0.15) is 50.9 Å². The Kier molecular flexibility index (Phi) is 7.13. The van der Waals surface area contributed by atoms with Gasteiger partial charge in [0.25, 0.3) is 0 Å². The van der Waals surface area contributed by atoms with E-state index in [1.54, 1.807) is 11.6 Å². The Labute approximate surface area is 233 Å². The molecule has 2 saturated heterocycles. The molecule has 0 radical (unpaired) electrons. The summed E-state index contributed by atoms with van der Waals surface area (Å²) in [5.41, 5.74) is 4.70. The fourth-order valence-electron chi connectivity index (χ4n) is 5.95. The van der Waals surface area contributed by atoms with Gasteiger partial charge in [0, 0.05) is 56.5 Å². The number of ether oxygens (including phenoxy) is 2. The quantitative estimate of drug-likeness (QED) is 0.345. The molecule has 3 aromatic heterocycles. The van der Waals surface area contributed by atoms with E-state index in [2.05, 4.69) is 33.3 Å². The van der Waals surface area contributed by atoms with E-state index in [0.29, 0.717) is 25.5 Å². The van der Waals surface area contributed by atoms with E-state index in [-0.39, 0.29) is 23.3 Å². The van der Waals surface area contributed by atoms with Crippen molar-refractivity contribution >= 4 is 22.1 Å². The van der Waals surface area contributed by atoms with E-state index in [4.69, 9.17) is 14.5 Å². The van der Waals surface area contributed by atoms with E-state index in [1.807, 2.05) is 42.8 Å². The number of hydrogen-bond donors (Lipinski definition) is 0. The standard InChI is InChI=1S/C30H35N7O3/c1-20(40-15-12-36-11-10-30(2,18-31)19-36)25-6-5-22(17-32-25)21-4-7-26-24(16-21)27-28(34-33-26)35(3)29(38)37(27)23-8-13-39-14-9-23/h4-7,16-17,20,23H,8-15,19H2,1-3H3. The maximum atomic E-state index is 13.3.